The Kier molecular flexibility index (Phi) is 8.77. The molecule has 0 radical (unpaired) electrons. The van der Waals surface area contributed by atoms with Crippen molar-refractivity contribution in [3.05, 3.63) is 0 Å². The first kappa shape index (κ1) is 9.88. The van der Waals surface area contributed by atoms with Crippen LogP contribution in [0.2, 0.25) is 0 Å². The minimum absolute atomic E-state index is 0.786. The summed E-state index contributed by atoms with van der Waals surface area (Å²) in [5.41, 5.74) is 5.31. The largest absolute Gasteiger partial charge is 0.330 e. The van der Waals surface area contributed by atoms with Crippen LogP contribution in [0.3, 0.4) is 0 Å². The standard InChI is InChI=1S/C7H19N3/c1-2-9-6-7-10-5-3-4-8/h9-10H,2-8H2,1H3. The van der Waals surface area contributed by atoms with Gasteiger partial charge < -0.3 is 16.4 Å². The summed E-state index contributed by atoms with van der Waals surface area (Å²) in [7, 11) is 0. The first-order valence-electron chi connectivity index (χ1n) is 4.03. The summed E-state index contributed by atoms with van der Waals surface area (Å²) in [6.45, 7) is 7.10. The Morgan fingerprint density at radius 3 is 2.40 bits per heavy atom. The molecule has 62 valence electrons. The van der Waals surface area contributed by atoms with Gasteiger partial charge in [-0.05, 0) is 26.1 Å². The van der Waals surface area contributed by atoms with E-state index < -0.39 is 0 Å². The number of hydrogen-bond donors (Lipinski definition) is 3. The normalized spacial score (nSPS) is 10.2. The molecule has 0 atom stereocenters. The molecule has 0 unspecified atom stereocenters. The molecule has 0 bridgehead atoms. The zero-order chi connectivity index (χ0) is 7.66. The first-order chi connectivity index (χ1) is 4.91. The molecule has 0 rings (SSSR count). The Labute approximate surface area is 63.4 Å². The van der Waals surface area contributed by atoms with E-state index in [9.17, 15) is 0 Å². The molecular weight excluding hydrogens is 126 g/mol. The van der Waals surface area contributed by atoms with Crippen molar-refractivity contribution in [3.63, 3.8) is 0 Å². The summed E-state index contributed by atoms with van der Waals surface area (Å²) in [6, 6.07) is 0. The van der Waals surface area contributed by atoms with Crippen molar-refractivity contribution in [1.29, 1.82) is 0 Å². The van der Waals surface area contributed by atoms with Crippen LogP contribution in [0, 0.1) is 0 Å². The number of rotatable bonds is 7. The van der Waals surface area contributed by atoms with Crippen LogP contribution >= 0.6 is 0 Å². The van der Waals surface area contributed by atoms with E-state index in [-0.39, 0.29) is 0 Å². The quantitative estimate of drug-likeness (QED) is 0.425. The molecule has 0 amide bonds. The molecule has 0 heterocycles. The van der Waals surface area contributed by atoms with Gasteiger partial charge in [-0.15, -0.1) is 0 Å². The maximum Gasteiger partial charge on any atom is 0.00767 e. The van der Waals surface area contributed by atoms with E-state index in [4.69, 9.17) is 5.73 Å². The molecule has 0 aromatic rings. The van der Waals surface area contributed by atoms with E-state index >= 15 is 0 Å². The van der Waals surface area contributed by atoms with Crippen molar-refractivity contribution in [1.82, 2.24) is 10.6 Å². The smallest absolute Gasteiger partial charge is 0.00767 e. The number of hydrogen-bond acceptors (Lipinski definition) is 3. The van der Waals surface area contributed by atoms with Crippen LogP contribution in [0.1, 0.15) is 13.3 Å². The highest BCUT2D eigenvalue weighted by Crippen LogP contribution is 1.67. The third-order valence-corrected chi connectivity index (χ3v) is 1.29. The third kappa shape index (κ3) is 7.88. The minimum atomic E-state index is 0.786. The molecule has 10 heavy (non-hydrogen) atoms. The average Bonchev–Trinajstić information content (AvgIpc) is 1.97. The Balaban J connectivity index is 2.65. The highest BCUT2D eigenvalue weighted by Gasteiger charge is 1.84. The Morgan fingerprint density at radius 1 is 1.10 bits per heavy atom. The van der Waals surface area contributed by atoms with Gasteiger partial charge in [-0.1, -0.05) is 6.92 Å². The second-order valence-electron chi connectivity index (χ2n) is 2.25. The second-order valence-corrected chi connectivity index (χ2v) is 2.25. The average molecular weight is 145 g/mol. The molecule has 4 N–H and O–H groups in total. The van der Waals surface area contributed by atoms with Crippen LogP contribution in [-0.4, -0.2) is 32.7 Å². The fourth-order valence-electron chi connectivity index (χ4n) is 0.706. The van der Waals surface area contributed by atoms with Crippen LogP contribution < -0.4 is 16.4 Å². The van der Waals surface area contributed by atoms with Gasteiger partial charge in [-0.25, -0.2) is 0 Å². The van der Waals surface area contributed by atoms with Crippen LogP contribution in [0.15, 0.2) is 0 Å². The van der Waals surface area contributed by atoms with E-state index in [1.54, 1.807) is 0 Å². The predicted molar refractivity (Wildman–Crippen MR) is 45.1 cm³/mol. The highest BCUT2D eigenvalue weighted by molar-refractivity contribution is 4.50. The first-order valence-corrected chi connectivity index (χ1v) is 4.03. The van der Waals surface area contributed by atoms with Gasteiger partial charge in [-0.3, -0.25) is 0 Å². The molecule has 0 fully saturated rings. The van der Waals surface area contributed by atoms with Gasteiger partial charge in [0.2, 0.25) is 0 Å². The van der Waals surface area contributed by atoms with Crippen molar-refractivity contribution in [3.8, 4) is 0 Å². The van der Waals surface area contributed by atoms with Crippen molar-refractivity contribution in [2.75, 3.05) is 32.7 Å². The van der Waals surface area contributed by atoms with E-state index in [1.807, 2.05) is 0 Å². The molecule has 0 aliphatic heterocycles. The van der Waals surface area contributed by atoms with Gasteiger partial charge >= 0.3 is 0 Å². The van der Waals surface area contributed by atoms with E-state index in [1.165, 1.54) is 0 Å². The predicted octanol–water partition coefficient (Wildman–Crippen LogP) is -0.466. The lowest BCUT2D eigenvalue weighted by atomic mass is 10.4. The van der Waals surface area contributed by atoms with Gasteiger partial charge in [0.15, 0.2) is 0 Å². The molecule has 0 aromatic carbocycles. The monoisotopic (exact) mass is 145 g/mol. The molecule has 0 aliphatic rings. The van der Waals surface area contributed by atoms with Gasteiger partial charge in [0.1, 0.15) is 0 Å². The Bertz CT molecular complexity index is 48.8. The number of likely N-dealkylation sites (N-methyl/N-ethyl adjacent to an activating group) is 1. The molecule has 0 saturated heterocycles. The lowest BCUT2D eigenvalue weighted by molar-refractivity contribution is 0.610. The lowest BCUT2D eigenvalue weighted by Gasteiger charge is -2.02. The van der Waals surface area contributed by atoms with Crippen molar-refractivity contribution >= 4 is 0 Å². The van der Waals surface area contributed by atoms with Crippen molar-refractivity contribution in [2.24, 2.45) is 5.73 Å². The van der Waals surface area contributed by atoms with Crippen LogP contribution in [0.25, 0.3) is 0 Å². The van der Waals surface area contributed by atoms with Crippen LogP contribution in [0.4, 0.5) is 0 Å². The number of nitrogens with two attached hydrogens (primary N) is 1. The molecule has 0 saturated carbocycles. The summed E-state index contributed by atoms with van der Waals surface area (Å²) in [4.78, 5) is 0. The molecule has 0 spiro atoms. The van der Waals surface area contributed by atoms with Gasteiger partial charge in [-0.2, -0.15) is 0 Å². The fraction of sp³-hybridized carbons (Fsp3) is 1.00. The lowest BCUT2D eigenvalue weighted by Crippen LogP contribution is -2.28. The minimum Gasteiger partial charge on any atom is -0.330 e. The van der Waals surface area contributed by atoms with Crippen molar-refractivity contribution < 1.29 is 0 Å². The second kappa shape index (κ2) is 8.88. The molecule has 0 aliphatic carbocycles. The summed E-state index contributed by atoms with van der Waals surface area (Å²) in [5.74, 6) is 0. The summed E-state index contributed by atoms with van der Waals surface area (Å²) in [5, 5.41) is 6.51. The van der Waals surface area contributed by atoms with Gasteiger partial charge in [0.05, 0.1) is 0 Å². The Morgan fingerprint density at radius 2 is 1.80 bits per heavy atom. The van der Waals surface area contributed by atoms with E-state index in [2.05, 4.69) is 17.6 Å². The molecule has 3 heteroatoms. The van der Waals surface area contributed by atoms with E-state index in [0.29, 0.717) is 0 Å². The van der Waals surface area contributed by atoms with E-state index in [0.717, 1.165) is 39.1 Å². The van der Waals surface area contributed by atoms with Gasteiger partial charge in [0.25, 0.3) is 0 Å². The van der Waals surface area contributed by atoms with Crippen molar-refractivity contribution in [2.45, 2.75) is 13.3 Å². The Hall–Kier alpha value is -0.120. The topological polar surface area (TPSA) is 50.1 Å². The molecule has 3 nitrogen and oxygen atoms in total. The van der Waals surface area contributed by atoms with Gasteiger partial charge in [0, 0.05) is 13.1 Å². The highest BCUT2D eigenvalue weighted by atomic mass is 14.9. The zero-order valence-electron chi connectivity index (χ0n) is 6.82. The van der Waals surface area contributed by atoms with Crippen LogP contribution in [0.5, 0.6) is 0 Å². The maximum absolute atomic E-state index is 5.31. The number of nitrogens with one attached hydrogen (secondary N) is 2. The summed E-state index contributed by atoms with van der Waals surface area (Å²) in [6.07, 6.45) is 1.08. The molecular formula is C7H19N3. The SMILES string of the molecule is CCNCCNCCCN. The molecule has 0 aromatic heterocycles. The maximum atomic E-state index is 5.31. The zero-order valence-corrected chi connectivity index (χ0v) is 6.82. The fourth-order valence-corrected chi connectivity index (χ4v) is 0.706. The summed E-state index contributed by atoms with van der Waals surface area (Å²) >= 11 is 0. The third-order valence-electron chi connectivity index (χ3n) is 1.29. The summed E-state index contributed by atoms with van der Waals surface area (Å²) < 4.78 is 0. The van der Waals surface area contributed by atoms with Crippen LogP contribution in [-0.2, 0) is 0 Å².